The van der Waals surface area contributed by atoms with E-state index in [4.69, 9.17) is 0 Å². The Balaban J connectivity index is 0.000000157. The monoisotopic (exact) mass is 458 g/mol. The summed E-state index contributed by atoms with van der Waals surface area (Å²) in [5.41, 5.74) is 3.93. The number of rotatable bonds is 2. The van der Waals surface area contributed by atoms with Crippen molar-refractivity contribution in [3.05, 3.63) is 66.5 Å². The van der Waals surface area contributed by atoms with E-state index in [9.17, 15) is 18.0 Å². The van der Waals surface area contributed by atoms with E-state index in [1.54, 1.807) is 18.5 Å². The first-order valence-electron chi connectivity index (χ1n) is 10.8. The van der Waals surface area contributed by atoms with Gasteiger partial charge in [-0.3, -0.25) is 9.48 Å². The Hall–Kier alpha value is -3.27. The third kappa shape index (κ3) is 5.75. The molecule has 3 aromatic rings. The molecule has 174 valence electrons. The maximum atomic E-state index is 12.2. The molecule has 0 radical (unpaired) electrons. The van der Waals surface area contributed by atoms with Gasteiger partial charge in [-0.15, -0.1) is 0 Å². The van der Waals surface area contributed by atoms with Crippen molar-refractivity contribution in [3.63, 3.8) is 0 Å². The second-order valence-electron chi connectivity index (χ2n) is 8.06. The lowest BCUT2D eigenvalue weighted by Gasteiger charge is -2.29. The van der Waals surface area contributed by atoms with Crippen molar-refractivity contribution in [2.45, 2.75) is 38.0 Å². The summed E-state index contributed by atoms with van der Waals surface area (Å²) in [6.45, 7) is 2.34. The first-order chi connectivity index (χ1) is 15.9. The number of nitrogens with zero attached hydrogens (tertiary/aromatic N) is 5. The summed E-state index contributed by atoms with van der Waals surface area (Å²) in [7, 11) is 0. The SMILES string of the molecule is O=C(N1CCc2ccccc2C1)C(F)(F)F.c1ncc(-c2cnn(C3CCNCC3)c2)cn1. The van der Waals surface area contributed by atoms with Gasteiger partial charge in [0.2, 0.25) is 0 Å². The van der Waals surface area contributed by atoms with E-state index in [0.29, 0.717) is 12.5 Å². The fraction of sp³-hybridized carbons (Fsp3) is 0.391. The number of alkyl halides is 3. The molecule has 0 unspecified atom stereocenters. The van der Waals surface area contributed by atoms with Crippen LogP contribution in [0.4, 0.5) is 13.2 Å². The molecule has 1 aromatic carbocycles. The number of nitrogens with one attached hydrogen (secondary N) is 1. The highest BCUT2D eigenvalue weighted by molar-refractivity contribution is 5.82. The number of hydrogen-bond donors (Lipinski definition) is 1. The number of benzene rings is 1. The summed E-state index contributed by atoms with van der Waals surface area (Å²) in [6, 6.07) is 7.77. The molecule has 10 heteroatoms. The molecule has 4 heterocycles. The predicted molar refractivity (Wildman–Crippen MR) is 116 cm³/mol. The summed E-state index contributed by atoms with van der Waals surface area (Å²) >= 11 is 0. The molecule has 0 aliphatic carbocycles. The molecule has 7 nitrogen and oxygen atoms in total. The van der Waals surface area contributed by atoms with Crippen molar-refractivity contribution >= 4 is 5.91 Å². The lowest BCUT2D eigenvalue weighted by Crippen LogP contribution is -2.43. The predicted octanol–water partition coefficient (Wildman–Crippen LogP) is 3.40. The van der Waals surface area contributed by atoms with E-state index in [-0.39, 0.29) is 13.1 Å². The van der Waals surface area contributed by atoms with Crippen LogP contribution in [0.3, 0.4) is 0 Å². The Labute approximate surface area is 189 Å². The van der Waals surface area contributed by atoms with Crippen LogP contribution in [0.1, 0.15) is 30.0 Å². The molecule has 0 bridgehead atoms. The summed E-state index contributed by atoms with van der Waals surface area (Å²) in [6.07, 6.45) is 7.16. The second-order valence-corrected chi connectivity index (χ2v) is 8.06. The van der Waals surface area contributed by atoms with Crippen LogP contribution in [0.5, 0.6) is 0 Å². The van der Waals surface area contributed by atoms with Gasteiger partial charge in [0, 0.05) is 42.8 Å². The maximum absolute atomic E-state index is 12.2. The lowest BCUT2D eigenvalue weighted by molar-refractivity contribution is -0.186. The van der Waals surface area contributed by atoms with Gasteiger partial charge < -0.3 is 10.2 Å². The van der Waals surface area contributed by atoms with Gasteiger partial charge in [-0.1, -0.05) is 24.3 Å². The quantitative estimate of drug-likeness (QED) is 0.637. The van der Waals surface area contributed by atoms with Crippen LogP contribution in [-0.4, -0.2) is 56.4 Å². The minimum atomic E-state index is -4.77. The van der Waals surface area contributed by atoms with E-state index >= 15 is 0 Å². The lowest BCUT2D eigenvalue weighted by atomic mass is 10.00. The number of halogens is 3. The topological polar surface area (TPSA) is 75.9 Å². The van der Waals surface area contributed by atoms with Crippen molar-refractivity contribution in [3.8, 4) is 11.1 Å². The van der Waals surface area contributed by atoms with Crippen molar-refractivity contribution in [2.75, 3.05) is 19.6 Å². The molecule has 5 rings (SSSR count). The molecular weight excluding hydrogens is 433 g/mol. The van der Waals surface area contributed by atoms with Gasteiger partial charge in [-0.25, -0.2) is 9.97 Å². The molecule has 33 heavy (non-hydrogen) atoms. The number of carbonyl (C=O) groups excluding carboxylic acids is 1. The fourth-order valence-electron chi connectivity index (χ4n) is 4.05. The largest absolute Gasteiger partial charge is 0.471 e. The highest BCUT2D eigenvalue weighted by Gasteiger charge is 2.43. The molecule has 0 saturated carbocycles. The van der Waals surface area contributed by atoms with Gasteiger partial charge in [0.25, 0.3) is 0 Å². The molecule has 0 spiro atoms. The fourth-order valence-corrected chi connectivity index (χ4v) is 4.05. The number of piperidine rings is 1. The highest BCUT2D eigenvalue weighted by atomic mass is 19.4. The Morgan fingerprint density at radius 2 is 1.70 bits per heavy atom. The zero-order valence-electron chi connectivity index (χ0n) is 18.0. The molecule has 1 N–H and O–H groups in total. The zero-order chi connectivity index (χ0) is 23.3. The smallest absolute Gasteiger partial charge is 0.330 e. The van der Waals surface area contributed by atoms with E-state index in [1.807, 2.05) is 30.7 Å². The molecule has 2 aliphatic rings. The molecule has 1 saturated heterocycles. The highest BCUT2D eigenvalue weighted by Crippen LogP contribution is 2.25. The Kier molecular flexibility index (Phi) is 7.02. The summed E-state index contributed by atoms with van der Waals surface area (Å²) in [4.78, 5) is 19.9. The van der Waals surface area contributed by atoms with Gasteiger partial charge in [0.05, 0.1) is 12.2 Å². The molecule has 2 aromatic heterocycles. The number of aromatic nitrogens is 4. The average Bonchev–Trinajstić information content (AvgIpc) is 3.35. The third-order valence-electron chi connectivity index (χ3n) is 5.84. The van der Waals surface area contributed by atoms with Crippen molar-refractivity contribution in [1.82, 2.24) is 30.0 Å². The van der Waals surface area contributed by atoms with Crippen LogP contribution in [0.2, 0.25) is 0 Å². The first-order valence-corrected chi connectivity index (χ1v) is 10.8. The number of hydrogen-bond acceptors (Lipinski definition) is 5. The summed E-state index contributed by atoms with van der Waals surface area (Å²) in [5.74, 6) is -1.75. The first kappa shape index (κ1) is 22.9. The Morgan fingerprint density at radius 3 is 2.39 bits per heavy atom. The molecule has 2 aliphatic heterocycles. The van der Waals surface area contributed by atoms with Crippen LogP contribution < -0.4 is 5.32 Å². The zero-order valence-corrected chi connectivity index (χ0v) is 18.0. The van der Waals surface area contributed by atoms with Crippen LogP contribution >= 0.6 is 0 Å². The van der Waals surface area contributed by atoms with Crippen molar-refractivity contribution in [2.24, 2.45) is 0 Å². The maximum Gasteiger partial charge on any atom is 0.471 e. The number of fused-ring (bicyclic) bond motifs is 1. The Morgan fingerprint density at radius 1 is 1.00 bits per heavy atom. The van der Waals surface area contributed by atoms with Gasteiger partial charge >= 0.3 is 12.1 Å². The van der Waals surface area contributed by atoms with Crippen molar-refractivity contribution < 1.29 is 18.0 Å². The summed E-state index contributed by atoms with van der Waals surface area (Å²) in [5, 5.41) is 7.81. The third-order valence-corrected chi connectivity index (χ3v) is 5.84. The van der Waals surface area contributed by atoms with Crippen molar-refractivity contribution in [1.29, 1.82) is 0 Å². The second kappa shape index (κ2) is 10.1. The van der Waals surface area contributed by atoms with E-state index in [2.05, 4.69) is 31.3 Å². The Bertz CT molecular complexity index is 1060. The normalized spacial score (nSPS) is 16.5. The summed E-state index contributed by atoms with van der Waals surface area (Å²) < 4.78 is 38.7. The molecule has 1 amide bonds. The van der Waals surface area contributed by atoms with E-state index in [0.717, 1.165) is 53.1 Å². The van der Waals surface area contributed by atoms with Gasteiger partial charge in [-0.05, 0) is 43.5 Å². The number of amides is 1. The molecular formula is C23H25F3N6O. The van der Waals surface area contributed by atoms with Crippen LogP contribution in [0, 0.1) is 0 Å². The van der Waals surface area contributed by atoms with Gasteiger partial charge in [0.1, 0.15) is 6.33 Å². The van der Waals surface area contributed by atoms with Crippen LogP contribution in [0.25, 0.3) is 11.1 Å². The average molecular weight is 458 g/mol. The standard InChI is InChI=1S/C12H15N5.C11H10F3NO/c1-3-13-4-2-12(1)17-8-11(7-16-17)10-5-14-9-15-6-10;12-11(13,14)10(16)15-6-5-8-3-1-2-4-9(8)7-15/h5-9,12-13H,1-4H2;1-4H,5-7H2. The minimum absolute atomic E-state index is 0.0501. The molecule has 0 atom stereocenters. The minimum Gasteiger partial charge on any atom is -0.330 e. The van der Waals surface area contributed by atoms with Crippen LogP contribution in [-0.2, 0) is 17.8 Å². The van der Waals surface area contributed by atoms with Gasteiger partial charge in [-0.2, -0.15) is 18.3 Å². The van der Waals surface area contributed by atoms with E-state index in [1.165, 1.54) is 0 Å². The molecule has 1 fully saturated rings. The number of carbonyl (C=O) groups is 1. The van der Waals surface area contributed by atoms with Gasteiger partial charge in [0.15, 0.2) is 0 Å². The van der Waals surface area contributed by atoms with E-state index < -0.39 is 12.1 Å². The van der Waals surface area contributed by atoms with Crippen LogP contribution in [0.15, 0.2) is 55.4 Å².